The maximum absolute atomic E-state index is 13.4. The Kier molecular flexibility index (Phi) is 5.16. The van der Waals surface area contributed by atoms with E-state index in [0.717, 1.165) is 21.3 Å². The molecule has 0 fully saturated rings. The zero-order chi connectivity index (χ0) is 21.5. The molecule has 0 radical (unpaired) electrons. The van der Waals surface area contributed by atoms with Crippen LogP contribution in [0.2, 0.25) is 0 Å². The molecule has 0 aliphatic carbocycles. The number of ether oxygens (including phenoxy) is 1. The lowest BCUT2D eigenvalue weighted by Gasteiger charge is -2.34. The van der Waals surface area contributed by atoms with Crippen LogP contribution < -0.4 is 10.2 Å². The van der Waals surface area contributed by atoms with Crippen molar-refractivity contribution in [1.82, 2.24) is 4.90 Å². The van der Waals surface area contributed by atoms with Gasteiger partial charge in [-0.1, -0.05) is 58.4 Å². The molecular weight excluding hydrogens is 454 g/mol. The first kappa shape index (κ1) is 20.0. The summed E-state index contributed by atoms with van der Waals surface area (Å²) in [7, 11) is 0. The van der Waals surface area contributed by atoms with Gasteiger partial charge in [-0.3, -0.25) is 9.69 Å². The van der Waals surface area contributed by atoms with Gasteiger partial charge >= 0.3 is 0 Å². The minimum atomic E-state index is -0.0166. The number of benzene rings is 3. The van der Waals surface area contributed by atoms with Crippen LogP contribution in [-0.4, -0.2) is 11.6 Å². The predicted molar refractivity (Wildman–Crippen MR) is 126 cm³/mol. The van der Waals surface area contributed by atoms with Gasteiger partial charge in [-0.15, -0.1) is 0 Å². The molecule has 0 bridgehead atoms. The van der Waals surface area contributed by atoms with Gasteiger partial charge in [0.25, 0.3) is 0 Å². The minimum Gasteiger partial charge on any atom is -0.478 e. The second-order valence-electron chi connectivity index (χ2n) is 7.90. The van der Waals surface area contributed by atoms with Crippen molar-refractivity contribution >= 4 is 26.9 Å². The van der Waals surface area contributed by atoms with E-state index >= 15 is 0 Å². The molecule has 1 aliphatic heterocycles. The van der Waals surface area contributed by atoms with E-state index in [1.165, 1.54) is 5.56 Å². The maximum atomic E-state index is 13.4. The highest BCUT2D eigenvalue weighted by atomic mass is 79.9. The molecule has 1 atom stereocenters. The van der Waals surface area contributed by atoms with Crippen LogP contribution in [0.4, 0.5) is 0 Å². The molecule has 1 aromatic heterocycles. The van der Waals surface area contributed by atoms with Crippen LogP contribution in [0.1, 0.15) is 29.9 Å². The molecule has 4 nitrogen and oxygen atoms in total. The summed E-state index contributed by atoms with van der Waals surface area (Å²) in [4.78, 5) is 15.7. The highest BCUT2D eigenvalue weighted by Crippen LogP contribution is 2.36. The lowest BCUT2D eigenvalue weighted by molar-refractivity contribution is 0.0620. The highest BCUT2D eigenvalue weighted by Gasteiger charge is 2.27. The molecule has 0 saturated heterocycles. The molecule has 4 aromatic rings. The Labute approximate surface area is 189 Å². The fourth-order valence-electron chi connectivity index (χ4n) is 4.23. The molecule has 3 aromatic carbocycles. The molecule has 1 aliphatic rings. The van der Waals surface area contributed by atoms with Crippen LogP contribution >= 0.6 is 15.9 Å². The summed E-state index contributed by atoms with van der Waals surface area (Å²) in [6.07, 6.45) is 0. The average molecular weight is 476 g/mol. The van der Waals surface area contributed by atoms with Crippen LogP contribution in [0.3, 0.4) is 0 Å². The lowest BCUT2D eigenvalue weighted by atomic mass is 10.00. The zero-order valence-electron chi connectivity index (χ0n) is 17.4. The van der Waals surface area contributed by atoms with Gasteiger partial charge in [-0.25, -0.2) is 0 Å². The van der Waals surface area contributed by atoms with Crippen molar-refractivity contribution in [3.8, 4) is 16.9 Å². The van der Waals surface area contributed by atoms with Crippen LogP contribution in [-0.2, 0) is 6.54 Å². The van der Waals surface area contributed by atoms with E-state index in [0.29, 0.717) is 35.6 Å². The van der Waals surface area contributed by atoms with Gasteiger partial charge < -0.3 is 9.15 Å². The predicted octanol–water partition coefficient (Wildman–Crippen LogP) is 6.44. The second kappa shape index (κ2) is 7.98. The van der Waals surface area contributed by atoms with Crippen molar-refractivity contribution in [1.29, 1.82) is 0 Å². The molecule has 2 heterocycles. The molecule has 5 rings (SSSR count). The van der Waals surface area contributed by atoms with Crippen molar-refractivity contribution < 1.29 is 9.15 Å². The van der Waals surface area contributed by atoms with E-state index in [4.69, 9.17) is 9.15 Å². The molecule has 1 unspecified atom stereocenters. The molecule has 5 heteroatoms. The van der Waals surface area contributed by atoms with E-state index < -0.39 is 0 Å². The summed E-state index contributed by atoms with van der Waals surface area (Å²) in [5.41, 5.74) is 4.21. The Morgan fingerprint density at radius 3 is 2.48 bits per heavy atom. The van der Waals surface area contributed by atoms with Gasteiger partial charge in [0.2, 0.25) is 5.43 Å². The van der Waals surface area contributed by atoms with Gasteiger partial charge in [-0.2, -0.15) is 0 Å². The van der Waals surface area contributed by atoms with Crippen molar-refractivity contribution in [2.45, 2.75) is 26.4 Å². The topological polar surface area (TPSA) is 42.7 Å². The largest absolute Gasteiger partial charge is 0.478 e. The van der Waals surface area contributed by atoms with Crippen LogP contribution in [0, 0.1) is 6.92 Å². The third-order valence-electron chi connectivity index (χ3n) is 6.01. The molecule has 156 valence electrons. The fourth-order valence-corrected chi connectivity index (χ4v) is 4.50. The first-order valence-electron chi connectivity index (χ1n) is 10.3. The summed E-state index contributed by atoms with van der Waals surface area (Å²) in [6.45, 7) is 5.17. The standard InChI is InChI=1S/C26H22BrNO3/c1-16(18-6-4-3-5-7-18)28-14-22-23(30-15-28)13-12-21-25(29)24(17(2)31-26(21)22)19-8-10-20(27)11-9-19/h3-13,16H,14-15H2,1-2H3. The minimum absolute atomic E-state index is 0.0166. The summed E-state index contributed by atoms with van der Waals surface area (Å²) in [6, 6.07) is 22.0. The zero-order valence-corrected chi connectivity index (χ0v) is 19.0. The van der Waals surface area contributed by atoms with Crippen LogP contribution in [0.15, 0.2) is 80.4 Å². The quantitative estimate of drug-likeness (QED) is 0.341. The van der Waals surface area contributed by atoms with E-state index in [-0.39, 0.29) is 11.5 Å². The number of rotatable bonds is 3. The lowest BCUT2D eigenvalue weighted by Crippen LogP contribution is -2.34. The number of aryl methyl sites for hydroxylation is 1. The number of halogens is 1. The van der Waals surface area contributed by atoms with Crippen molar-refractivity contribution in [2.75, 3.05) is 6.73 Å². The Balaban J connectivity index is 1.59. The SMILES string of the molecule is Cc1oc2c3c(ccc2c(=O)c1-c1ccc(Br)cc1)OCN(C(C)c1ccccc1)C3. The normalized spacial score (nSPS) is 14.8. The maximum Gasteiger partial charge on any atom is 0.200 e. The number of hydrogen-bond donors (Lipinski definition) is 0. The van der Waals surface area contributed by atoms with Crippen molar-refractivity contribution in [3.05, 3.63) is 98.3 Å². The first-order valence-corrected chi connectivity index (χ1v) is 11.1. The van der Waals surface area contributed by atoms with Crippen molar-refractivity contribution in [3.63, 3.8) is 0 Å². The fraction of sp³-hybridized carbons (Fsp3) is 0.192. The van der Waals surface area contributed by atoms with Crippen LogP contribution in [0.25, 0.3) is 22.1 Å². The molecule has 0 N–H and O–H groups in total. The summed E-state index contributed by atoms with van der Waals surface area (Å²) < 4.78 is 13.3. The molecular formula is C26H22BrNO3. The first-order chi connectivity index (χ1) is 15.0. The average Bonchev–Trinajstić information content (AvgIpc) is 2.80. The third-order valence-corrected chi connectivity index (χ3v) is 6.53. The van der Waals surface area contributed by atoms with Crippen molar-refractivity contribution in [2.24, 2.45) is 0 Å². The monoisotopic (exact) mass is 475 g/mol. The Bertz CT molecular complexity index is 1310. The van der Waals surface area contributed by atoms with E-state index in [2.05, 4.69) is 39.9 Å². The Morgan fingerprint density at radius 1 is 1.00 bits per heavy atom. The van der Waals surface area contributed by atoms with Crippen LogP contribution in [0.5, 0.6) is 5.75 Å². The second-order valence-corrected chi connectivity index (χ2v) is 8.81. The molecule has 0 saturated carbocycles. The van der Waals surface area contributed by atoms with E-state index in [1.807, 2.05) is 61.5 Å². The van der Waals surface area contributed by atoms with Gasteiger partial charge in [-0.05, 0) is 49.2 Å². The van der Waals surface area contributed by atoms with E-state index in [9.17, 15) is 4.79 Å². The smallest absolute Gasteiger partial charge is 0.200 e. The summed E-state index contributed by atoms with van der Waals surface area (Å²) >= 11 is 3.45. The van der Waals surface area contributed by atoms with Gasteiger partial charge in [0.15, 0.2) is 0 Å². The van der Waals surface area contributed by atoms with E-state index in [1.54, 1.807) is 0 Å². The highest BCUT2D eigenvalue weighted by molar-refractivity contribution is 9.10. The summed E-state index contributed by atoms with van der Waals surface area (Å²) in [5, 5.41) is 0.583. The molecule has 0 amide bonds. The number of fused-ring (bicyclic) bond motifs is 3. The number of nitrogens with zero attached hydrogens (tertiary/aromatic N) is 1. The molecule has 0 spiro atoms. The van der Waals surface area contributed by atoms with Gasteiger partial charge in [0, 0.05) is 17.1 Å². The van der Waals surface area contributed by atoms with Gasteiger partial charge in [0.1, 0.15) is 23.8 Å². The molecule has 31 heavy (non-hydrogen) atoms. The number of hydrogen-bond acceptors (Lipinski definition) is 4. The summed E-state index contributed by atoms with van der Waals surface area (Å²) in [5.74, 6) is 1.39. The Hall–Kier alpha value is -2.89. The third kappa shape index (κ3) is 3.58. The van der Waals surface area contributed by atoms with Gasteiger partial charge in [0.05, 0.1) is 16.5 Å². The Morgan fingerprint density at radius 2 is 1.74 bits per heavy atom.